The second-order valence-electron chi connectivity index (χ2n) is 7.54. The van der Waals surface area contributed by atoms with Crippen molar-refractivity contribution in [2.45, 2.75) is 26.2 Å². The Labute approximate surface area is 196 Å². The van der Waals surface area contributed by atoms with Crippen LogP contribution >= 0.6 is 23.8 Å². The van der Waals surface area contributed by atoms with Crippen LogP contribution in [0.4, 0.5) is 5.69 Å². The van der Waals surface area contributed by atoms with E-state index in [9.17, 15) is 9.59 Å². The normalized spacial score (nSPS) is 13.8. The van der Waals surface area contributed by atoms with Gasteiger partial charge < -0.3 is 14.8 Å². The molecule has 32 heavy (non-hydrogen) atoms. The summed E-state index contributed by atoms with van der Waals surface area (Å²) in [6, 6.07) is 18.4. The van der Waals surface area contributed by atoms with Crippen molar-refractivity contribution in [3.63, 3.8) is 0 Å². The molecule has 0 atom stereocenters. The Morgan fingerprint density at radius 3 is 1.75 bits per heavy atom. The topological polar surface area (TPSA) is 64.6 Å². The number of nitrogens with one attached hydrogen (secondary N) is 1. The number of benzene rings is 3. The lowest BCUT2D eigenvalue weighted by atomic mass is 9.70. The quantitative estimate of drug-likeness (QED) is 0.308. The molecular formula is C25H20ClNO4S. The van der Waals surface area contributed by atoms with Gasteiger partial charge in [0.05, 0.1) is 10.4 Å². The molecule has 1 aliphatic heterocycles. The van der Waals surface area contributed by atoms with Crippen molar-refractivity contribution in [2.75, 3.05) is 5.32 Å². The molecular weight excluding hydrogens is 446 g/mol. The smallest absolute Gasteiger partial charge is 0.308 e. The summed E-state index contributed by atoms with van der Waals surface area (Å²) in [4.78, 5) is 23.3. The van der Waals surface area contributed by atoms with Crippen LogP contribution in [0.2, 0.25) is 5.02 Å². The fourth-order valence-corrected chi connectivity index (χ4v) is 4.71. The molecule has 0 radical (unpaired) electrons. The molecule has 0 spiro atoms. The molecule has 0 saturated carbocycles. The summed E-state index contributed by atoms with van der Waals surface area (Å²) in [6.45, 7) is 4.66. The first-order valence-electron chi connectivity index (χ1n) is 9.92. The SMILES string of the molecule is CC(=O)Oc1ccc(C2(c3ccc(OC(C)=O)cc3)C(=S)Nc3c2ccc(Cl)c3C)cc1. The Bertz CT molecular complexity index is 1180. The molecule has 3 aromatic carbocycles. The summed E-state index contributed by atoms with van der Waals surface area (Å²) < 4.78 is 10.4. The van der Waals surface area contributed by atoms with Gasteiger partial charge >= 0.3 is 11.9 Å². The van der Waals surface area contributed by atoms with E-state index in [2.05, 4.69) is 5.32 Å². The second-order valence-corrected chi connectivity index (χ2v) is 8.35. The van der Waals surface area contributed by atoms with Crippen LogP contribution in [0.15, 0.2) is 60.7 Å². The van der Waals surface area contributed by atoms with E-state index in [1.54, 1.807) is 24.3 Å². The average molecular weight is 466 g/mol. The number of anilines is 1. The Hall–Kier alpha value is -3.22. The largest absolute Gasteiger partial charge is 0.427 e. The summed E-state index contributed by atoms with van der Waals surface area (Å²) in [6.07, 6.45) is 0. The number of hydrogen-bond acceptors (Lipinski definition) is 5. The van der Waals surface area contributed by atoms with Crippen molar-refractivity contribution >= 4 is 46.4 Å². The maximum absolute atomic E-state index is 11.3. The summed E-state index contributed by atoms with van der Waals surface area (Å²) >= 11 is 12.3. The molecule has 3 aromatic rings. The van der Waals surface area contributed by atoms with E-state index in [4.69, 9.17) is 33.3 Å². The maximum Gasteiger partial charge on any atom is 0.308 e. The number of ether oxygens (including phenoxy) is 2. The fourth-order valence-electron chi connectivity index (χ4n) is 4.11. The van der Waals surface area contributed by atoms with E-state index in [1.165, 1.54) is 13.8 Å². The molecule has 1 N–H and O–H groups in total. The molecule has 5 nitrogen and oxygen atoms in total. The Balaban J connectivity index is 1.93. The lowest BCUT2D eigenvalue weighted by Crippen LogP contribution is -2.35. The van der Waals surface area contributed by atoms with Crippen LogP contribution in [0, 0.1) is 6.92 Å². The number of halogens is 1. The molecule has 1 aliphatic rings. The minimum Gasteiger partial charge on any atom is -0.427 e. The second kappa shape index (κ2) is 8.37. The summed E-state index contributed by atoms with van der Waals surface area (Å²) in [5.41, 5.74) is 3.73. The van der Waals surface area contributed by atoms with Gasteiger partial charge in [0.2, 0.25) is 0 Å². The highest BCUT2D eigenvalue weighted by Crippen LogP contribution is 2.50. The third kappa shape index (κ3) is 3.66. The highest BCUT2D eigenvalue weighted by molar-refractivity contribution is 7.80. The third-order valence-corrected chi connectivity index (χ3v) is 6.30. The van der Waals surface area contributed by atoms with E-state index < -0.39 is 5.41 Å². The fraction of sp³-hybridized carbons (Fsp3) is 0.160. The highest BCUT2D eigenvalue weighted by Gasteiger charge is 2.47. The predicted molar refractivity (Wildman–Crippen MR) is 128 cm³/mol. The van der Waals surface area contributed by atoms with Gasteiger partial charge in [-0.15, -0.1) is 0 Å². The van der Waals surface area contributed by atoms with E-state index in [1.807, 2.05) is 43.3 Å². The van der Waals surface area contributed by atoms with E-state index in [0.717, 1.165) is 27.9 Å². The van der Waals surface area contributed by atoms with Crippen molar-refractivity contribution < 1.29 is 19.1 Å². The molecule has 0 aromatic heterocycles. The third-order valence-electron chi connectivity index (χ3n) is 5.48. The number of carbonyl (C=O) groups is 2. The van der Waals surface area contributed by atoms with Gasteiger partial charge in [-0.2, -0.15) is 0 Å². The average Bonchev–Trinajstić information content (AvgIpc) is 3.04. The van der Waals surface area contributed by atoms with Crippen LogP contribution in [-0.2, 0) is 15.0 Å². The first-order chi connectivity index (χ1) is 15.2. The summed E-state index contributed by atoms with van der Waals surface area (Å²) in [5.74, 6) is 0.126. The van der Waals surface area contributed by atoms with Crippen LogP contribution in [0.5, 0.6) is 11.5 Å². The molecule has 1 heterocycles. The summed E-state index contributed by atoms with van der Waals surface area (Å²) in [7, 11) is 0. The first-order valence-corrected chi connectivity index (χ1v) is 10.7. The van der Waals surface area contributed by atoms with Crippen LogP contribution in [0.3, 0.4) is 0 Å². The Kier molecular flexibility index (Phi) is 5.75. The van der Waals surface area contributed by atoms with Crippen LogP contribution < -0.4 is 14.8 Å². The Morgan fingerprint density at radius 2 is 1.31 bits per heavy atom. The van der Waals surface area contributed by atoms with Crippen molar-refractivity contribution in [3.8, 4) is 11.5 Å². The molecule has 0 unspecified atom stereocenters. The van der Waals surface area contributed by atoms with Crippen LogP contribution in [0.1, 0.15) is 36.1 Å². The van der Waals surface area contributed by atoms with Gasteiger partial charge in [-0.1, -0.05) is 54.2 Å². The number of thiocarbonyl (C=S) groups is 1. The number of rotatable bonds is 4. The summed E-state index contributed by atoms with van der Waals surface area (Å²) in [5, 5.41) is 4.01. The van der Waals surface area contributed by atoms with Gasteiger partial charge in [0.15, 0.2) is 0 Å². The van der Waals surface area contributed by atoms with Crippen molar-refractivity contribution in [1.82, 2.24) is 0 Å². The van der Waals surface area contributed by atoms with Gasteiger partial charge in [0.1, 0.15) is 11.5 Å². The number of carbonyl (C=O) groups excluding carboxylic acids is 2. The molecule has 0 fully saturated rings. The van der Waals surface area contributed by atoms with Gasteiger partial charge in [-0.25, -0.2) is 0 Å². The minimum atomic E-state index is -0.802. The van der Waals surface area contributed by atoms with Crippen molar-refractivity contribution in [1.29, 1.82) is 0 Å². The lowest BCUT2D eigenvalue weighted by molar-refractivity contribution is -0.132. The molecule has 4 rings (SSSR count). The van der Waals surface area contributed by atoms with Crippen molar-refractivity contribution in [2.24, 2.45) is 0 Å². The van der Waals surface area contributed by atoms with Gasteiger partial charge in [-0.05, 0) is 59.5 Å². The number of esters is 2. The molecule has 0 bridgehead atoms. The van der Waals surface area contributed by atoms with Crippen LogP contribution in [-0.4, -0.2) is 16.9 Å². The van der Waals surface area contributed by atoms with Gasteiger partial charge in [-0.3, -0.25) is 9.59 Å². The molecule has 0 saturated heterocycles. The molecule has 7 heteroatoms. The lowest BCUT2D eigenvalue weighted by Gasteiger charge is -2.31. The van der Waals surface area contributed by atoms with E-state index in [-0.39, 0.29) is 11.9 Å². The van der Waals surface area contributed by atoms with Crippen molar-refractivity contribution in [3.05, 3.63) is 87.9 Å². The highest BCUT2D eigenvalue weighted by atomic mass is 35.5. The zero-order valence-corrected chi connectivity index (χ0v) is 19.3. The standard InChI is InChI=1S/C25H20ClNO4S/c1-14-22(26)13-12-21-23(14)27-24(32)25(21,17-4-8-19(9-5-17)30-15(2)28)18-6-10-20(11-7-18)31-16(3)29/h4-13H,1-3H3,(H,27,32). The number of fused-ring (bicyclic) bond motifs is 1. The zero-order chi connectivity index (χ0) is 23.0. The van der Waals surface area contributed by atoms with E-state index in [0.29, 0.717) is 21.5 Å². The Morgan fingerprint density at radius 1 is 0.844 bits per heavy atom. The first kappa shape index (κ1) is 22.0. The van der Waals surface area contributed by atoms with Crippen LogP contribution in [0.25, 0.3) is 0 Å². The van der Waals surface area contributed by atoms with Gasteiger partial charge in [0.25, 0.3) is 0 Å². The minimum absolute atomic E-state index is 0.387. The van der Waals surface area contributed by atoms with Gasteiger partial charge in [0, 0.05) is 24.6 Å². The zero-order valence-electron chi connectivity index (χ0n) is 17.7. The molecule has 162 valence electrons. The number of hydrogen-bond donors (Lipinski definition) is 1. The monoisotopic (exact) mass is 465 g/mol. The molecule has 0 aliphatic carbocycles. The maximum atomic E-state index is 11.3. The predicted octanol–water partition coefficient (Wildman–Crippen LogP) is 5.59. The van der Waals surface area contributed by atoms with E-state index >= 15 is 0 Å². The molecule has 0 amide bonds.